The first-order valence-electron chi connectivity index (χ1n) is 23.4. The number of carbonyl (C=O) groups excluding carboxylic acids is 4. The summed E-state index contributed by atoms with van der Waals surface area (Å²) in [4.78, 5) is 48.4. The first-order chi connectivity index (χ1) is 26.9. The van der Waals surface area contributed by atoms with Crippen molar-refractivity contribution in [2.24, 2.45) is 5.73 Å². The molecule has 0 fully saturated rings. The van der Waals surface area contributed by atoms with Gasteiger partial charge in [0.1, 0.15) is 6.04 Å². The summed E-state index contributed by atoms with van der Waals surface area (Å²) in [6, 6.07) is -1.34. The molecule has 0 aliphatic heterocycles. The molecule has 7 heteroatoms. The van der Waals surface area contributed by atoms with E-state index >= 15 is 0 Å². The van der Waals surface area contributed by atoms with E-state index in [1.165, 1.54) is 167 Å². The van der Waals surface area contributed by atoms with Crippen molar-refractivity contribution in [3.8, 4) is 0 Å². The topological polar surface area (TPSA) is 113 Å². The molecule has 0 bridgehead atoms. The van der Waals surface area contributed by atoms with Crippen molar-refractivity contribution >= 4 is 23.9 Å². The molecular weight excluding hydrogens is 687 g/mol. The lowest BCUT2D eigenvalue weighted by atomic mass is 10.1. The molecule has 0 aliphatic carbocycles. The van der Waals surface area contributed by atoms with Crippen LogP contribution in [0, 0.1) is 0 Å². The van der Waals surface area contributed by atoms with Crippen molar-refractivity contribution in [1.29, 1.82) is 0 Å². The molecule has 0 amide bonds. The van der Waals surface area contributed by atoms with Gasteiger partial charge in [0, 0.05) is 12.8 Å². The van der Waals surface area contributed by atoms with Gasteiger partial charge in [0.2, 0.25) is 0 Å². The van der Waals surface area contributed by atoms with E-state index in [9.17, 15) is 19.2 Å². The van der Waals surface area contributed by atoms with Crippen LogP contribution in [0.3, 0.4) is 0 Å². The SMILES string of the molecule is CCCCCCCC/C=C\CCCCCCCCCCCC(=O)OC(=O)C[C@H](N)C(=O)OC(=O)CCCCCCCCCCC/C=C\CCCCCCCC. The highest BCUT2D eigenvalue weighted by Crippen LogP contribution is 2.15. The monoisotopic (exact) mass is 774 g/mol. The van der Waals surface area contributed by atoms with Crippen molar-refractivity contribution in [2.75, 3.05) is 0 Å². The summed E-state index contributed by atoms with van der Waals surface area (Å²) < 4.78 is 9.65. The molecule has 0 aromatic carbocycles. The Bertz CT molecular complexity index is 960. The zero-order valence-electron chi connectivity index (χ0n) is 36.1. The molecule has 0 heterocycles. The van der Waals surface area contributed by atoms with Crippen LogP contribution in [0.25, 0.3) is 0 Å². The van der Waals surface area contributed by atoms with E-state index in [0.29, 0.717) is 12.8 Å². The lowest BCUT2D eigenvalue weighted by Crippen LogP contribution is -2.36. The van der Waals surface area contributed by atoms with Gasteiger partial charge in [0.25, 0.3) is 0 Å². The fourth-order valence-electron chi connectivity index (χ4n) is 6.82. The Morgan fingerprint density at radius 1 is 0.382 bits per heavy atom. The minimum absolute atomic E-state index is 0.144. The summed E-state index contributed by atoms with van der Waals surface area (Å²) in [7, 11) is 0. The van der Waals surface area contributed by atoms with Gasteiger partial charge < -0.3 is 15.2 Å². The Kier molecular flexibility index (Phi) is 41.1. The van der Waals surface area contributed by atoms with Crippen molar-refractivity contribution in [1.82, 2.24) is 0 Å². The standard InChI is InChI=1S/C48H87NO6/c1-3-5-7-9-11-13-15-17-19-21-23-25-27-29-31-33-35-37-39-41-45(50)54-47(52)43-44(49)48(53)55-46(51)42-40-38-36-34-32-30-28-26-24-22-20-18-16-14-12-10-8-6-4-2/h17-20,44H,3-16,21-43,49H2,1-2H3/b19-17-,20-18-/t44-/m0/s1. The molecule has 320 valence electrons. The number of hydrogen-bond acceptors (Lipinski definition) is 7. The van der Waals surface area contributed by atoms with Gasteiger partial charge in [-0.2, -0.15) is 0 Å². The van der Waals surface area contributed by atoms with E-state index in [2.05, 4.69) is 38.2 Å². The quantitative estimate of drug-likeness (QED) is 0.0285. The van der Waals surface area contributed by atoms with E-state index in [-0.39, 0.29) is 12.8 Å². The average Bonchev–Trinajstić information content (AvgIpc) is 3.16. The van der Waals surface area contributed by atoms with Crippen LogP contribution in [0.1, 0.15) is 251 Å². The number of nitrogens with two attached hydrogens (primary N) is 1. The van der Waals surface area contributed by atoms with Gasteiger partial charge in [-0.25, -0.2) is 4.79 Å². The Labute approximate surface area is 339 Å². The maximum absolute atomic E-state index is 12.2. The molecule has 0 saturated carbocycles. The van der Waals surface area contributed by atoms with Crippen LogP contribution in [-0.4, -0.2) is 29.9 Å². The lowest BCUT2D eigenvalue weighted by Gasteiger charge is -2.10. The third-order valence-corrected chi connectivity index (χ3v) is 10.4. The summed E-state index contributed by atoms with van der Waals surface area (Å²) >= 11 is 0. The van der Waals surface area contributed by atoms with Crippen LogP contribution in [0.15, 0.2) is 24.3 Å². The fourth-order valence-corrected chi connectivity index (χ4v) is 6.82. The smallest absolute Gasteiger partial charge is 0.331 e. The third kappa shape index (κ3) is 41.2. The summed E-state index contributed by atoms with van der Waals surface area (Å²) in [5.41, 5.74) is 5.75. The molecule has 0 aromatic heterocycles. The number of esters is 4. The molecular formula is C48H87NO6. The molecule has 0 radical (unpaired) electrons. The van der Waals surface area contributed by atoms with E-state index < -0.39 is 36.3 Å². The van der Waals surface area contributed by atoms with Crippen LogP contribution in [0.2, 0.25) is 0 Å². The largest absolute Gasteiger partial charge is 0.393 e. The van der Waals surface area contributed by atoms with Crippen molar-refractivity contribution in [3.05, 3.63) is 24.3 Å². The first kappa shape index (κ1) is 52.7. The highest BCUT2D eigenvalue weighted by atomic mass is 16.6. The molecule has 55 heavy (non-hydrogen) atoms. The second kappa shape index (κ2) is 42.9. The Morgan fingerprint density at radius 3 is 0.982 bits per heavy atom. The van der Waals surface area contributed by atoms with Crippen LogP contribution < -0.4 is 5.73 Å². The summed E-state index contributed by atoms with van der Waals surface area (Å²) in [5, 5.41) is 0. The van der Waals surface area contributed by atoms with Gasteiger partial charge in [0.15, 0.2) is 0 Å². The van der Waals surface area contributed by atoms with E-state index in [1.807, 2.05) is 0 Å². The summed E-state index contributed by atoms with van der Waals surface area (Å²) in [6.45, 7) is 4.52. The zero-order chi connectivity index (χ0) is 40.3. The van der Waals surface area contributed by atoms with Crippen molar-refractivity contribution < 1.29 is 28.7 Å². The predicted octanol–water partition coefficient (Wildman–Crippen LogP) is 14.0. The Hall–Kier alpha value is -2.28. The number of ether oxygens (including phenoxy) is 2. The fraction of sp³-hybridized carbons (Fsp3) is 0.833. The number of allylic oxidation sites excluding steroid dienone is 4. The highest BCUT2D eigenvalue weighted by molar-refractivity contribution is 5.92. The molecule has 0 unspecified atom stereocenters. The Morgan fingerprint density at radius 2 is 0.655 bits per heavy atom. The second-order valence-corrected chi connectivity index (χ2v) is 15.9. The van der Waals surface area contributed by atoms with Gasteiger partial charge in [-0.3, -0.25) is 14.4 Å². The zero-order valence-corrected chi connectivity index (χ0v) is 36.1. The maximum atomic E-state index is 12.2. The maximum Gasteiger partial charge on any atom is 0.331 e. The highest BCUT2D eigenvalue weighted by Gasteiger charge is 2.23. The minimum Gasteiger partial charge on any atom is -0.393 e. The van der Waals surface area contributed by atoms with Gasteiger partial charge >= 0.3 is 23.9 Å². The number of hydrogen-bond donors (Lipinski definition) is 1. The third-order valence-electron chi connectivity index (χ3n) is 10.4. The van der Waals surface area contributed by atoms with E-state index in [4.69, 9.17) is 15.2 Å². The number of carbonyl (C=O) groups is 4. The minimum atomic E-state index is -1.34. The van der Waals surface area contributed by atoms with Gasteiger partial charge in [-0.1, -0.05) is 192 Å². The van der Waals surface area contributed by atoms with Crippen LogP contribution in [-0.2, 0) is 28.7 Å². The van der Waals surface area contributed by atoms with E-state index in [0.717, 1.165) is 38.5 Å². The molecule has 0 saturated heterocycles. The normalized spacial score (nSPS) is 12.1. The molecule has 7 nitrogen and oxygen atoms in total. The van der Waals surface area contributed by atoms with Crippen LogP contribution in [0.5, 0.6) is 0 Å². The number of rotatable bonds is 41. The second-order valence-electron chi connectivity index (χ2n) is 15.9. The first-order valence-corrected chi connectivity index (χ1v) is 23.4. The molecule has 2 N–H and O–H groups in total. The van der Waals surface area contributed by atoms with Crippen LogP contribution in [0.4, 0.5) is 0 Å². The van der Waals surface area contributed by atoms with E-state index in [1.54, 1.807) is 0 Å². The molecule has 0 aromatic rings. The molecule has 0 rings (SSSR count). The van der Waals surface area contributed by atoms with Gasteiger partial charge in [0.05, 0.1) is 6.42 Å². The molecule has 0 spiro atoms. The molecule has 1 atom stereocenters. The molecule has 0 aliphatic rings. The summed E-state index contributed by atoms with van der Waals surface area (Å²) in [5.74, 6) is -3.07. The average molecular weight is 774 g/mol. The van der Waals surface area contributed by atoms with Gasteiger partial charge in [-0.15, -0.1) is 0 Å². The van der Waals surface area contributed by atoms with Crippen molar-refractivity contribution in [2.45, 2.75) is 257 Å². The Balaban J connectivity index is 3.60. The van der Waals surface area contributed by atoms with Gasteiger partial charge in [-0.05, 0) is 64.2 Å². The van der Waals surface area contributed by atoms with Crippen molar-refractivity contribution in [3.63, 3.8) is 0 Å². The predicted molar refractivity (Wildman–Crippen MR) is 231 cm³/mol. The summed E-state index contributed by atoms with van der Waals surface area (Å²) in [6.07, 6.45) is 50.6. The van der Waals surface area contributed by atoms with Crippen LogP contribution >= 0.6 is 0 Å². The number of unbranched alkanes of at least 4 members (excludes halogenated alkanes) is 30. The lowest BCUT2D eigenvalue weighted by molar-refractivity contribution is -0.166.